The SMILES string of the molecule is COCOc1c(OC)c(C)cc2c1[C@@H]1C3[C@@H]4SCC(C)C(=O)OC[C@@H](c5c6c(c(C)c(C)c54)OCO6)N3[C@@H](C#N)[C@H](C2)N1C. The van der Waals surface area contributed by atoms with Crippen LogP contribution in [0.5, 0.6) is 23.0 Å². The minimum absolute atomic E-state index is 0.0828. The normalized spacial score (nSPS) is 30.5. The van der Waals surface area contributed by atoms with Gasteiger partial charge >= 0.3 is 5.97 Å². The molecule has 2 aromatic rings. The number of nitriles is 1. The number of hydrogen-bond donors (Lipinski definition) is 0. The Hall–Kier alpha value is -3.17. The fraction of sp³-hybridized carbons (Fsp3) is 0.576. The lowest BCUT2D eigenvalue weighted by Crippen LogP contribution is -2.69. The monoisotopic (exact) mass is 621 g/mol. The Bertz CT molecular complexity index is 1570. The van der Waals surface area contributed by atoms with E-state index in [0.29, 0.717) is 29.4 Å². The standard InChI is InChI=1S/C33H39N3O7S/c1-15-8-19-9-20-21(10-34)36-22-11-40-33(37)16(2)12-44-32(23-17(3)18(4)29-31(25(22)23)43-14-42-29)27(36)26(35(20)5)24(19)30(28(15)39-7)41-13-38-6/h8,16,20-22,26-27,32H,9,11-14H2,1-7H3/t16?,20-,21-,22-,26+,27?,32+/m0/s1. The molecular weight excluding hydrogens is 582 g/mol. The molecule has 10 nitrogen and oxygen atoms in total. The molecule has 0 spiro atoms. The number of carbonyl (C=O) groups excluding carboxylic acids is 1. The van der Waals surface area contributed by atoms with Gasteiger partial charge in [-0.05, 0) is 62.1 Å². The van der Waals surface area contributed by atoms with Crippen molar-refractivity contribution in [1.29, 1.82) is 5.26 Å². The number of methoxy groups -OCH3 is 2. The van der Waals surface area contributed by atoms with Gasteiger partial charge in [-0.15, -0.1) is 0 Å². The van der Waals surface area contributed by atoms with Crippen LogP contribution in [0.2, 0.25) is 0 Å². The molecule has 0 N–H and O–H groups in total. The molecule has 7 rings (SSSR count). The molecule has 5 heterocycles. The summed E-state index contributed by atoms with van der Waals surface area (Å²) in [6.45, 7) is 8.55. The summed E-state index contributed by atoms with van der Waals surface area (Å²) < 4.78 is 35.9. The molecule has 0 aromatic heterocycles. The Balaban J connectivity index is 1.53. The Labute approximate surface area is 262 Å². The zero-order valence-electron chi connectivity index (χ0n) is 26.3. The lowest BCUT2D eigenvalue weighted by molar-refractivity contribution is -0.153. The molecular formula is C33H39N3O7S. The van der Waals surface area contributed by atoms with Gasteiger partial charge in [0.25, 0.3) is 0 Å². The topological polar surface area (TPSA) is 103 Å². The largest absolute Gasteiger partial charge is 0.493 e. The van der Waals surface area contributed by atoms with Crippen molar-refractivity contribution in [2.45, 2.75) is 69.6 Å². The quantitative estimate of drug-likeness (QED) is 0.356. The molecule has 5 aliphatic heterocycles. The predicted octanol–water partition coefficient (Wildman–Crippen LogP) is 4.53. The molecule has 2 fully saturated rings. The van der Waals surface area contributed by atoms with Crippen LogP contribution in [-0.2, 0) is 20.7 Å². The number of nitrogens with zero attached hydrogens (tertiary/aromatic N) is 3. The summed E-state index contributed by atoms with van der Waals surface area (Å²) in [5.74, 6) is 2.93. The number of benzene rings is 2. The molecule has 0 radical (unpaired) electrons. The Morgan fingerprint density at radius 3 is 2.57 bits per heavy atom. The van der Waals surface area contributed by atoms with Gasteiger partial charge in [-0.2, -0.15) is 17.0 Å². The number of rotatable bonds is 4. The van der Waals surface area contributed by atoms with Gasteiger partial charge in [-0.25, -0.2) is 0 Å². The van der Waals surface area contributed by atoms with Crippen LogP contribution >= 0.6 is 11.8 Å². The third-order valence-corrected chi connectivity index (χ3v) is 11.9. The van der Waals surface area contributed by atoms with Crippen molar-refractivity contribution in [1.82, 2.24) is 9.80 Å². The Kier molecular flexibility index (Phi) is 7.40. The fourth-order valence-corrected chi connectivity index (χ4v) is 9.84. The van der Waals surface area contributed by atoms with E-state index in [1.54, 1.807) is 26.0 Å². The van der Waals surface area contributed by atoms with Gasteiger partial charge in [0.1, 0.15) is 12.6 Å². The average Bonchev–Trinajstić information content (AvgIpc) is 3.50. The number of fused-ring (bicyclic) bond motifs is 9. The third kappa shape index (κ3) is 4.07. The lowest BCUT2D eigenvalue weighted by Gasteiger charge is -2.62. The minimum atomic E-state index is -0.462. The molecule has 4 bridgehead atoms. The van der Waals surface area contributed by atoms with Crippen LogP contribution in [0.25, 0.3) is 0 Å². The van der Waals surface area contributed by atoms with Crippen molar-refractivity contribution in [3.63, 3.8) is 0 Å². The van der Waals surface area contributed by atoms with Crippen LogP contribution in [0, 0.1) is 38.0 Å². The summed E-state index contributed by atoms with van der Waals surface area (Å²) >= 11 is 1.77. The molecule has 0 aliphatic carbocycles. The first-order valence-corrected chi connectivity index (χ1v) is 16.2. The number of thioether (sulfide) groups is 1. The molecule has 0 saturated carbocycles. The number of esters is 1. The number of hydrogen-bond acceptors (Lipinski definition) is 11. The zero-order valence-corrected chi connectivity index (χ0v) is 27.1. The van der Waals surface area contributed by atoms with Crippen molar-refractivity contribution < 1.29 is 33.2 Å². The lowest BCUT2D eigenvalue weighted by atomic mass is 9.71. The summed E-state index contributed by atoms with van der Waals surface area (Å²) in [6, 6.07) is 3.66. The maximum Gasteiger partial charge on any atom is 0.309 e. The van der Waals surface area contributed by atoms with E-state index in [4.69, 9.17) is 28.4 Å². The van der Waals surface area contributed by atoms with Gasteiger partial charge in [0.2, 0.25) is 6.79 Å². The van der Waals surface area contributed by atoms with Crippen LogP contribution in [0.3, 0.4) is 0 Å². The molecule has 2 aromatic carbocycles. The molecule has 44 heavy (non-hydrogen) atoms. The van der Waals surface area contributed by atoms with Crippen LogP contribution in [-0.4, -0.2) is 81.1 Å². The molecule has 234 valence electrons. The first-order chi connectivity index (χ1) is 21.2. The van der Waals surface area contributed by atoms with Gasteiger partial charge < -0.3 is 28.4 Å². The second-order valence-corrected chi connectivity index (χ2v) is 13.7. The third-order valence-electron chi connectivity index (χ3n) is 10.3. The fourth-order valence-electron chi connectivity index (χ4n) is 8.25. The van der Waals surface area contributed by atoms with Gasteiger partial charge in [0, 0.05) is 41.3 Å². The summed E-state index contributed by atoms with van der Waals surface area (Å²) in [5, 5.41) is 10.8. The van der Waals surface area contributed by atoms with Crippen LogP contribution < -0.4 is 18.9 Å². The summed E-state index contributed by atoms with van der Waals surface area (Å²) in [4.78, 5) is 17.8. The average molecular weight is 622 g/mol. The van der Waals surface area contributed by atoms with E-state index >= 15 is 0 Å². The Morgan fingerprint density at radius 1 is 1.07 bits per heavy atom. The second-order valence-electron chi connectivity index (χ2n) is 12.5. The molecule has 5 aliphatic rings. The molecule has 2 unspecified atom stereocenters. The number of carbonyl (C=O) groups is 1. The molecule has 2 saturated heterocycles. The number of piperazine rings is 1. The highest BCUT2D eigenvalue weighted by atomic mass is 32.2. The van der Waals surface area contributed by atoms with E-state index < -0.39 is 12.1 Å². The van der Waals surface area contributed by atoms with Crippen LogP contribution in [0.15, 0.2) is 6.07 Å². The van der Waals surface area contributed by atoms with Crippen LogP contribution in [0.4, 0.5) is 0 Å². The first kappa shape index (κ1) is 29.5. The van der Waals surface area contributed by atoms with Crippen molar-refractivity contribution in [2.24, 2.45) is 5.92 Å². The van der Waals surface area contributed by atoms with E-state index in [2.05, 4.69) is 42.8 Å². The predicted molar refractivity (Wildman–Crippen MR) is 163 cm³/mol. The summed E-state index contributed by atoms with van der Waals surface area (Å²) in [6.07, 6.45) is 0.664. The van der Waals surface area contributed by atoms with Crippen molar-refractivity contribution in [2.75, 3.05) is 47.2 Å². The molecule has 0 amide bonds. The van der Waals surface area contributed by atoms with E-state index in [1.165, 1.54) is 11.1 Å². The van der Waals surface area contributed by atoms with E-state index in [-0.39, 0.29) is 55.5 Å². The van der Waals surface area contributed by atoms with Crippen LogP contribution in [0.1, 0.15) is 63.2 Å². The molecule has 11 heteroatoms. The van der Waals surface area contributed by atoms with Gasteiger partial charge in [0.05, 0.1) is 31.2 Å². The van der Waals surface area contributed by atoms with Gasteiger partial charge in [-0.3, -0.25) is 14.6 Å². The van der Waals surface area contributed by atoms with Crippen molar-refractivity contribution in [3.8, 4) is 29.1 Å². The number of aryl methyl sites for hydroxylation is 1. The zero-order chi connectivity index (χ0) is 31.0. The second kappa shape index (κ2) is 11.0. The highest BCUT2D eigenvalue weighted by molar-refractivity contribution is 7.99. The van der Waals surface area contributed by atoms with E-state index in [0.717, 1.165) is 33.6 Å². The molecule has 7 atom stereocenters. The number of likely N-dealkylation sites (N-methyl/N-ethyl adjacent to an activating group) is 1. The van der Waals surface area contributed by atoms with Crippen molar-refractivity contribution >= 4 is 17.7 Å². The van der Waals surface area contributed by atoms with Gasteiger partial charge in [-0.1, -0.05) is 13.0 Å². The highest BCUT2D eigenvalue weighted by Crippen LogP contribution is 2.62. The Morgan fingerprint density at radius 2 is 1.84 bits per heavy atom. The summed E-state index contributed by atoms with van der Waals surface area (Å²) in [5.41, 5.74) is 7.61. The maximum absolute atomic E-state index is 13.1. The van der Waals surface area contributed by atoms with E-state index in [1.807, 2.05) is 13.8 Å². The summed E-state index contributed by atoms with van der Waals surface area (Å²) in [7, 11) is 5.41. The first-order valence-electron chi connectivity index (χ1n) is 15.1. The van der Waals surface area contributed by atoms with Crippen molar-refractivity contribution in [3.05, 3.63) is 45.0 Å². The number of ether oxygens (including phenoxy) is 6. The van der Waals surface area contributed by atoms with E-state index in [9.17, 15) is 10.1 Å². The van der Waals surface area contributed by atoms with Gasteiger partial charge in [0.15, 0.2) is 29.8 Å². The minimum Gasteiger partial charge on any atom is -0.493 e. The highest BCUT2D eigenvalue weighted by Gasteiger charge is 2.60. The smallest absolute Gasteiger partial charge is 0.309 e. The maximum atomic E-state index is 13.1. The number of cyclic esters (lactones) is 1.